The van der Waals surface area contributed by atoms with E-state index in [1.54, 1.807) is 0 Å². The molecule has 3 heteroatoms. The van der Waals surface area contributed by atoms with E-state index >= 15 is 0 Å². The molecular formula is C48H32N2O. The monoisotopic (exact) mass is 652 g/mol. The summed E-state index contributed by atoms with van der Waals surface area (Å²) in [4.78, 5) is 2.44. The molecule has 0 N–H and O–H groups in total. The summed E-state index contributed by atoms with van der Waals surface area (Å²) in [6.45, 7) is 0. The molecule has 0 aliphatic carbocycles. The minimum absolute atomic E-state index is 0.899. The molecule has 2 heterocycles. The lowest BCUT2D eigenvalue weighted by molar-refractivity contribution is 0.670. The van der Waals surface area contributed by atoms with Crippen molar-refractivity contribution in [1.82, 2.24) is 4.57 Å². The van der Waals surface area contributed by atoms with Crippen LogP contribution in [0.15, 0.2) is 199 Å². The highest BCUT2D eigenvalue weighted by atomic mass is 16.3. The van der Waals surface area contributed by atoms with E-state index in [9.17, 15) is 0 Å². The van der Waals surface area contributed by atoms with Crippen LogP contribution in [0, 0.1) is 0 Å². The molecule has 10 aromatic rings. The normalized spacial score (nSPS) is 11.5. The van der Waals surface area contributed by atoms with Crippen LogP contribution in [-0.2, 0) is 0 Å². The molecule has 0 fully saturated rings. The van der Waals surface area contributed by atoms with Crippen molar-refractivity contribution in [1.29, 1.82) is 0 Å². The fraction of sp³-hybridized carbons (Fsp3) is 0. The van der Waals surface area contributed by atoms with Gasteiger partial charge in [-0.15, -0.1) is 0 Å². The second-order valence-electron chi connectivity index (χ2n) is 12.9. The summed E-state index contributed by atoms with van der Waals surface area (Å²) in [5.41, 5.74) is 13.0. The maximum atomic E-state index is 6.52. The summed E-state index contributed by atoms with van der Waals surface area (Å²) in [5.74, 6) is 0. The highest BCUT2D eigenvalue weighted by Gasteiger charge is 2.23. The number of para-hydroxylation sites is 5. The van der Waals surface area contributed by atoms with Crippen molar-refractivity contribution in [2.75, 3.05) is 4.90 Å². The zero-order valence-electron chi connectivity index (χ0n) is 27.8. The van der Waals surface area contributed by atoms with Gasteiger partial charge in [0.2, 0.25) is 0 Å². The van der Waals surface area contributed by atoms with Crippen molar-refractivity contribution in [2.45, 2.75) is 0 Å². The van der Waals surface area contributed by atoms with Crippen LogP contribution in [0.2, 0.25) is 0 Å². The molecule has 0 saturated carbocycles. The second-order valence-corrected chi connectivity index (χ2v) is 12.9. The first kappa shape index (κ1) is 29.1. The van der Waals surface area contributed by atoms with E-state index in [1.165, 1.54) is 21.9 Å². The fourth-order valence-corrected chi connectivity index (χ4v) is 7.77. The SMILES string of the molecule is c1ccc(-c2ccccc2N(c2cccc(-c3cccc4c3oc3ccccc34)c2)c2cccc3c2c2ccccc2n3-c2ccccc2)cc1. The van der Waals surface area contributed by atoms with Crippen molar-refractivity contribution in [3.63, 3.8) is 0 Å². The van der Waals surface area contributed by atoms with Gasteiger partial charge in [-0.3, -0.25) is 0 Å². The first-order chi connectivity index (χ1) is 25.3. The standard InChI is InChI=1S/C48H32N2O/c1-3-16-33(17-4-1)37-22-7-10-27-42(37)50(36-21-13-18-34(32-36)38-25-14-26-40-39-23-9-12-31-46(39)51-48(38)40)45-30-15-29-44-47(45)41-24-8-11-28-43(41)49(44)35-19-5-2-6-20-35/h1-32H. The van der Waals surface area contributed by atoms with Crippen LogP contribution in [0.4, 0.5) is 17.1 Å². The molecule has 3 nitrogen and oxygen atoms in total. The summed E-state index contributed by atoms with van der Waals surface area (Å²) >= 11 is 0. The molecule has 0 unspecified atom stereocenters. The van der Waals surface area contributed by atoms with Gasteiger partial charge in [0.25, 0.3) is 0 Å². The first-order valence-electron chi connectivity index (χ1n) is 17.4. The van der Waals surface area contributed by atoms with Crippen molar-refractivity contribution < 1.29 is 4.42 Å². The molecule has 0 radical (unpaired) electrons. The molecule has 10 rings (SSSR count). The molecule has 0 atom stereocenters. The Morgan fingerprint density at radius 3 is 1.90 bits per heavy atom. The Morgan fingerprint density at radius 2 is 1.02 bits per heavy atom. The molecule has 2 aromatic heterocycles. The summed E-state index contributed by atoms with van der Waals surface area (Å²) in [6.07, 6.45) is 0. The molecule has 0 amide bonds. The van der Waals surface area contributed by atoms with Crippen LogP contribution in [0.5, 0.6) is 0 Å². The quantitative estimate of drug-likeness (QED) is 0.178. The van der Waals surface area contributed by atoms with Crippen molar-refractivity contribution in [3.05, 3.63) is 194 Å². The molecule has 0 bridgehead atoms. The number of aromatic nitrogens is 1. The summed E-state index contributed by atoms with van der Waals surface area (Å²) in [7, 11) is 0. The Hall–Kier alpha value is -6.84. The third-order valence-electron chi connectivity index (χ3n) is 9.98. The number of hydrogen-bond acceptors (Lipinski definition) is 2. The highest BCUT2D eigenvalue weighted by Crippen LogP contribution is 2.47. The van der Waals surface area contributed by atoms with Crippen LogP contribution in [0.3, 0.4) is 0 Å². The molecule has 51 heavy (non-hydrogen) atoms. The van der Waals surface area contributed by atoms with Gasteiger partial charge in [0.15, 0.2) is 0 Å². The van der Waals surface area contributed by atoms with Gasteiger partial charge in [-0.2, -0.15) is 0 Å². The highest BCUT2D eigenvalue weighted by molar-refractivity contribution is 6.17. The number of benzene rings is 8. The zero-order chi connectivity index (χ0) is 33.7. The van der Waals surface area contributed by atoms with Crippen molar-refractivity contribution in [3.8, 4) is 27.9 Å². The van der Waals surface area contributed by atoms with Gasteiger partial charge in [0, 0.05) is 44.0 Å². The van der Waals surface area contributed by atoms with E-state index in [0.29, 0.717) is 0 Å². The van der Waals surface area contributed by atoms with Gasteiger partial charge in [0.1, 0.15) is 11.2 Å². The Labute approximate surface area is 295 Å². The molecule has 0 aliphatic heterocycles. The van der Waals surface area contributed by atoms with E-state index in [1.807, 2.05) is 12.1 Å². The van der Waals surface area contributed by atoms with E-state index in [-0.39, 0.29) is 0 Å². The summed E-state index contributed by atoms with van der Waals surface area (Å²) in [6, 6.07) is 69.1. The van der Waals surface area contributed by atoms with Crippen molar-refractivity contribution in [2.24, 2.45) is 0 Å². The topological polar surface area (TPSA) is 21.3 Å². The zero-order valence-corrected chi connectivity index (χ0v) is 27.8. The third-order valence-corrected chi connectivity index (χ3v) is 9.98. The average molecular weight is 653 g/mol. The molecule has 240 valence electrons. The predicted molar refractivity (Wildman–Crippen MR) is 214 cm³/mol. The molecule has 0 spiro atoms. The van der Waals surface area contributed by atoms with Crippen LogP contribution in [-0.4, -0.2) is 4.57 Å². The molecule has 0 aliphatic rings. The number of nitrogens with zero attached hydrogens (tertiary/aromatic N) is 2. The predicted octanol–water partition coefficient (Wildman–Crippen LogP) is 13.5. The Kier molecular flexibility index (Phi) is 6.81. The summed E-state index contributed by atoms with van der Waals surface area (Å²) in [5, 5.41) is 4.66. The van der Waals surface area contributed by atoms with Gasteiger partial charge in [-0.1, -0.05) is 140 Å². The van der Waals surface area contributed by atoms with Crippen LogP contribution < -0.4 is 4.90 Å². The lowest BCUT2D eigenvalue weighted by Crippen LogP contribution is -2.12. The minimum Gasteiger partial charge on any atom is -0.455 e. The lowest BCUT2D eigenvalue weighted by Gasteiger charge is -2.29. The van der Waals surface area contributed by atoms with E-state index in [4.69, 9.17) is 4.42 Å². The van der Waals surface area contributed by atoms with Crippen LogP contribution in [0.1, 0.15) is 0 Å². The van der Waals surface area contributed by atoms with Gasteiger partial charge in [0.05, 0.1) is 22.4 Å². The maximum Gasteiger partial charge on any atom is 0.143 e. The Balaban J connectivity index is 1.26. The molecule has 0 saturated heterocycles. The maximum absolute atomic E-state index is 6.52. The van der Waals surface area contributed by atoms with Crippen LogP contribution in [0.25, 0.3) is 71.7 Å². The number of anilines is 3. The number of furan rings is 1. The second kappa shape index (κ2) is 11.9. The number of fused-ring (bicyclic) bond motifs is 6. The smallest absolute Gasteiger partial charge is 0.143 e. The van der Waals surface area contributed by atoms with Gasteiger partial charge in [-0.05, 0) is 65.7 Å². The third kappa shape index (κ3) is 4.74. The van der Waals surface area contributed by atoms with Crippen molar-refractivity contribution >= 4 is 60.8 Å². The largest absolute Gasteiger partial charge is 0.455 e. The van der Waals surface area contributed by atoms with E-state index in [2.05, 4.69) is 191 Å². The van der Waals surface area contributed by atoms with Gasteiger partial charge in [-0.25, -0.2) is 0 Å². The number of rotatable bonds is 6. The average Bonchev–Trinajstić information content (AvgIpc) is 3.76. The van der Waals surface area contributed by atoms with Gasteiger partial charge < -0.3 is 13.9 Å². The Morgan fingerprint density at radius 1 is 0.412 bits per heavy atom. The Bertz CT molecular complexity index is 2860. The molecular weight excluding hydrogens is 621 g/mol. The van der Waals surface area contributed by atoms with E-state index in [0.717, 1.165) is 66.9 Å². The first-order valence-corrected chi connectivity index (χ1v) is 17.4. The lowest BCUT2D eigenvalue weighted by atomic mass is 9.99. The van der Waals surface area contributed by atoms with Gasteiger partial charge >= 0.3 is 0 Å². The minimum atomic E-state index is 0.899. The van der Waals surface area contributed by atoms with E-state index < -0.39 is 0 Å². The fourth-order valence-electron chi connectivity index (χ4n) is 7.77. The van der Waals surface area contributed by atoms with Crippen LogP contribution >= 0.6 is 0 Å². The summed E-state index contributed by atoms with van der Waals surface area (Å²) < 4.78 is 8.90. The number of hydrogen-bond donors (Lipinski definition) is 0. The molecule has 8 aromatic carbocycles.